The van der Waals surface area contributed by atoms with Gasteiger partial charge in [0.05, 0.1) is 13.2 Å². The minimum absolute atomic E-state index is 0.619. The Morgan fingerprint density at radius 3 is 2.56 bits per heavy atom. The van der Waals surface area contributed by atoms with Crippen LogP contribution in [0.2, 0.25) is 0 Å². The largest absolute Gasteiger partial charge is 0.496 e. The fourth-order valence-corrected chi connectivity index (χ4v) is 1.96. The van der Waals surface area contributed by atoms with Gasteiger partial charge in [0, 0.05) is 18.5 Å². The molecule has 3 nitrogen and oxygen atoms in total. The molecule has 0 saturated carbocycles. The SMILES string of the molecule is COc1cc(C)c(C)cc1CN(C)CCCC#N. The zero-order valence-corrected chi connectivity index (χ0v) is 11.8. The van der Waals surface area contributed by atoms with Crippen LogP contribution in [0.3, 0.4) is 0 Å². The van der Waals surface area contributed by atoms with Crippen molar-refractivity contribution in [2.45, 2.75) is 33.2 Å². The summed E-state index contributed by atoms with van der Waals surface area (Å²) in [6.45, 7) is 6.01. The van der Waals surface area contributed by atoms with Crippen LogP contribution in [-0.2, 0) is 6.54 Å². The fraction of sp³-hybridized carbons (Fsp3) is 0.533. The minimum atomic E-state index is 0.619. The minimum Gasteiger partial charge on any atom is -0.496 e. The highest BCUT2D eigenvalue weighted by atomic mass is 16.5. The lowest BCUT2D eigenvalue weighted by Crippen LogP contribution is -2.19. The van der Waals surface area contributed by atoms with E-state index < -0.39 is 0 Å². The first-order valence-corrected chi connectivity index (χ1v) is 6.28. The number of hydrogen-bond acceptors (Lipinski definition) is 3. The van der Waals surface area contributed by atoms with Gasteiger partial charge in [0.25, 0.3) is 0 Å². The molecule has 3 heteroatoms. The smallest absolute Gasteiger partial charge is 0.123 e. The lowest BCUT2D eigenvalue weighted by Gasteiger charge is -2.19. The van der Waals surface area contributed by atoms with Crippen LogP contribution in [0.25, 0.3) is 0 Å². The van der Waals surface area contributed by atoms with E-state index in [0.717, 1.165) is 25.3 Å². The van der Waals surface area contributed by atoms with Gasteiger partial charge in [0.15, 0.2) is 0 Å². The summed E-state index contributed by atoms with van der Waals surface area (Å²) in [5.41, 5.74) is 3.75. The molecule has 0 radical (unpaired) electrons. The number of aryl methyl sites for hydroxylation is 2. The lowest BCUT2D eigenvalue weighted by atomic mass is 10.0. The normalized spacial score (nSPS) is 10.4. The molecule has 0 aromatic heterocycles. The average molecular weight is 246 g/mol. The summed E-state index contributed by atoms with van der Waals surface area (Å²) in [6, 6.07) is 6.46. The molecule has 0 aliphatic heterocycles. The molecule has 0 saturated heterocycles. The summed E-state index contributed by atoms with van der Waals surface area (Å²) in [5, 5.41) is 8.53. The second-order valence-corrected chi connectivity index (χ2v) is 4.75. The zero-order valence-electron chi connectivity index (χ0n) is 11.8. The van der Waals surface area contributed by atoms with Crippen molar-refractivity contribution in [3.8, 4) is 11.8 Å². The molecule has 0 unspecified atom stereocenters. The summed E-state index contributed by atoms with van der Waals surface area (Å²) in [5.74, 6) is 0.949. The molecule has 1 rings (SSSR count). The van der Waals surface area contributed by atoms with Crippen LogP contribution in [0.4, 0.5) is 0 Å². The van der Waals surface area contributed by atoms with Crippen molar-refractivity contribution in [2.24, 2.45) is 0 Å². The van der Waals surface area contributed by atoms with E-state index in [0.29, 0.717) is 6.42 Å². The van der Waals surface area contributed by atoms with Gasteiger partial charge in [-0.05, 0) is 51.1 Å². The number of nitriles is 1. The van der Waals surface area contributed by atoms with Crippen LogP contribution in [-0.4, -0.2) is 25.6 Å². The highest BCUT2D eigenvalue weighted by Gasteiger charge is 2.08. The van der Waals surface area contributed by atoms with Crippen molar-refractivity contribution in [3.63, 3.8) is 0 Å². The second-order valence-electron chi connectivity index (χ2n) is 4.75. The van der Waals surface area contributed by atoms with Crippen LogP contribution < -0.4 is 4.74 Å². The Morgan fingerprint density at radius 1 is 1.28 bits per heavy atom. The molecule has 0 aliphatic carbocycles. The molecule has 0 heterocycles. The van der Waals surface area contributed by atoms with Crippen molar-refractivity contribution < 1.29 is 4.74 Å². The first-order valence-electron chi connectivity index (χ1n) is 6.28. The molecule has 0 amide bonds. The van der Waals surface area contributed by atoms with E-state index in [1.165, 1.54) is 16.7 Å². The Kier molecular flexibility index (Phi) is 5.67. The molecular formula is C15H22N2O. The molecule has 1 aromatic rings. The van der Waals surface area contributed by atoms with Gasteiger partial charge in [0.2, 0.25) is 0 Å². The van der Waals surface area contributed by atoms with Gasteiger partial charge in [-0.3, -0.25) is 0 Å². The number of nitrogens with zero attached hydrogens (tertiary/aromatic N) is 2. The quantitative estimate of drug-likeness (QED) is 0.724. The first-order chi connectivity index (χ1) is 8.58. The Balaban J connectivity index is 2.71. The summed E-state index contributed by atoms with van der Waals surface area (Å²) in [6.07, 6.45) is 1.54. The van der Waals surface area contributed by atoms with Gasteiger partial charge in [-0.25, -0.2) is 0 Å². The number of rotatable bonds is 6. The molecule has 0 N–H and O–H groups in total. The molecule has 0 spiro atoms. The van der Waals surface area contributed by atoms with Crippen molar-refractivity contribution in [1.29, 1.82) is 5.26 Å². The summed E-state index contributed by atoms with van der Waals surface area (Å²) < 4.78 is 5.43. The van der Waals surface area contributed by atoms with E-state index in [2.05, 4.69) is 44.0 Å². The van der Waals surface area contributed by atoms with Gasteiger partial charge < -0.3 is 9.64 Å². The number of unbranched alkanes of at least 4 members (excludes halogenated alkanes) is 1. The first kappa shape index (κ1) is 14.5. The highest BCUT2D eigenvalue weighted by Crippen LogP contribution is 2.24. The lowest BCUT2D eigenvalue weighted by molar-refractivity contribution is 0.314. The van der Waals surface area contributed by atoms with Gasteiger partial charge in [-0.2, -0.15) is 5.26 Å². The molecule has 0 aliphatic rings. The summed E-state index contributed by atoms with van der Waals surface area (Å²) >= 11 is 0. The predicted molar refractivity (Wildman–Crippen MR) is 73.6 cm³/mol. The number of benzene rings is 1. The van der Waals surface area contributed by atoms with Crippen LogP contribution in [0.15, 0.2) is 12.1 Å². The van der Waals surface area contributed by atoms with E-state index >= 15 is 0 Å². The molecular weight excluding hydrogens is 224 g/mol. The second kappa shape index (κ2) is 7.03. The molecule has 0 atom stereocenters. The third-order valence-electron chi connectivity index (χ3n) is 3.17. The van der Waals surface area contributed by atoms with Crippen LogP contribution in [0, 0.1) is 25.2 Å². The molecule has 0 fully saturated rings. The zero-order chi connectivity index (χ0) is 13.5. The molecule has 0 bridgehead atoms. The summed E-state index contributed by atoms with van der Waals surface area (Å²) in [4.78, 5) is 2.23. The third-order valence-corrected chi connectivity index (χ3v) is 3.17. The van der Waals surface area contributed by atoms with E-state index in [1.54, 1.807) is 7.11 Å². The van der Waals surface area contributed by atoms with Gasteiger partial charge in [-0.1, -0.05) is 6.07 Å². The van der Waals surface area contributed by atoms with Crippen molar-refractivity contribution in [3.05, 3.63) is 28.8 Å². The predicted octanol–water partition coefficient (Wildman–Crippen LogP) is 3.05. The Morgan fingerprint density at radius 2 is 1.94 bits per heavy atom. The maximum Gasteiger partial charge on any atom is 0.123 e. The van der Waals surface area contributed by atoms with Gasteiger partial charge in [0.1, 0.15) is 5.75 Å². The van der Waals surface area contributed by atoms with E-state index in [1.807, 2.05) is 0 Å². The maximum absolute atomic E-state index is 8.53. The van der Waals surface area contributed by atoms with Crippen LogP contribution in [0.1, 0.15) is 29.5 Å². The molecule has 18 heavy (non-hydrogen) atoms. The third kappa shape index (κ3) is 4.05. The fourth-order valence-electron chi connectivity index (χ4n) is 1.96. The number of methoxy groups -OCH3 is 1. The van der Waals surface area contributed by atoms with Crippen molar-refractivity contribution in [2.75, 3.05) is 20.7 Å². The van der Waals surface area contributed by atoms with Gasteiger partial charge in [-0.15, -0.1) is 0 Å². The number of hydrogen-bond donors (Lipinski definition) is 0. The summed E-state index contributed by atoms with van der Waals surface area (Å²) in [7, 11) is 3.79. The van der Waals surface area contributed by atoms with E-state index in [-0.39, 0.29) is 0 Å². The monoisotopic (exact) mass is 246 g/mol. The van der Waals surface area contributed by atoms with Crippen molar-refractivity contribution in [1.82, 2.24) is 4.90 Å². The number of ether oxygens (including phenoxy) is 1. The maximum atomic E-state index is 8.53. The van der Waals surface area contributed by atoms with Crippen LogP contribution >= 0.6 is 0 Å². The standard InChI is InChI=1S/C15H22N2O/c1-12-9-14(15(18-4)10-13(12)2)11-17(3)8-6-5-7-16/h9-10H,5-6,8,11H2,1-4H3. The van der Waals surface area contributed by atoms with Gasteiger partial charge >= 0.3 is 0 Å². The van der Waals surface area contributed by atoms with E-state index in [9.17, 15) is 0 Å². The molecule has 98 valence electrons. The topological polar surface area (TPSA) is 36.3 Å². The average Bonchev–Trinajstić information content (AvgIpc) is 2.34. The highest BCUT2D eigenvalue weighted by molar-refractivity contribution is 5.41. The van der Waals surface area contributed by atoms with Crippen LogP contribution in [0.5, 0.6) is 5.75 Å². The van der Waals surface area contributed by atoms with E-state index in [4.69, 9.17) is 10.00 Å². The van der Waals surface area contributed by atoms with Crippen molar-refractivity contribution >= 4 is 0 Å². The Hall–Kier alpha value is -1.53. The molecule has 1 aromatic carbocycles. The Bertz CT molecular complexity index is 435. The Labute approximate surface area is 110 Å².